The highest BCUT2D eigenvalue weighted by molar-refractivity contribution is 7.99. The highest BCUT2D eigenvalue weighted by atomic mass is 35.5. The second-order valence-electron chi connectivity index (χ2n) is 7.07. The first-order valence-corrected chi connectivity index (χ1v) is 11.0. The minimum Gasteiger partial charge on any atom is -0.481 e. The Morgan fingerprint density at radius 2 is 2.00 bits per heavy atom. The average molecular weight is 459 g/mol. The van der Waals surface area contributed by atoms with E-state index in [2.05, 4.69) is 15.5 Å². The van der Waals surface area contributed by atoms with Crippen LogP contribution < -0.4 is 10.1 Å². The molecule has 1 atom stereocenters. The van der Waals surface area contributed by atoms with Crippen molar-refractivity contribution in [3.63, 3.8) is 0 Å². The number of hydrogen-bond acceptors (Lipinski definition) is 6. The number of ketones is 1. The molecule has 0 aliphatic carbocycles. The lowest BCUT2D eigenvalue weighted by Crippen LogP contribution is -2.15. The molecule has 1 unspecified atom stereocenters. The average Bonchev–Trinajstić information content (AvgIpc) is 3.10. The molecular weight excluding hydrogens is 436 g/mol. The van der Waals surface area contributed by atoms with Crippen LogP contribution in [0, 0.1) is 6.92 Å². The highest BCUT2D eigenvalue weighted by Gasteiger charge is 2.19. The molecule has 0 spiro atoms. The number of carbonyl (C=O) groups is 2. The molecule has 1 aromatic heterocycles. The van der Waals surface area contributed by atoms with Crippen molar-refractivity contribution in [2.45, 2.75) is 32.0 Å². The molecule has 0 saturated heterocycles. The van der Waals surface area contributed by atoms with Gasteiger partial charge in [-0.15, -0.1) is 10.2 Å². The number of Topliss-reactive ketones (excluding diaryl/α,β-unsaturated/α-hetero) is 1. The van der Waals surface area contributed by atoms with Crippen LogP contribution in [0.2, 0.25) is 5.02 Å². The van der Waals surface area contributed by atoms with Crippen molar-refractivity contribution in [1.29, 1.82) is 0 Å². The lowest BCUT2D eigenvalue weighted by Gasteiger charge is -2.15. The molecule has 0 aliphatic heterocycles. The number of ether oxygens (including phenoxy) is 1. The van der Waals surface area contributed by atoms with Gasteiger partial charge in [-0.3, -0.25) is 9.59 Å². The molecule has 0 aliphatic rings. The largest absolute Gasteiger partial charge is 0.481 e. The number of nitrogens with one attached hydrogen (secondary N) is 1. The number of hydrogen-bond donors (Lipinski definition) is 1. The Kier molecular flexibility index (Phi) is 7.35. The summed E-state index contributed by atoms with van der Waals surface area (Å²) in [5.74, 6) is 1.09. The van der Waals surface area contributed by atoms with E-state index in [4.69, 9.17) is 16.3 Å². The molecule has 0 fully saturated rings. The molecule has 3 rings (SSSR count). The minimum absolute atomic E-state index is 0.0552. The number of amides is 1. The molecule has 1 amide bonds. The van der Waals surface area contributed by atoms with Crippen LogP contribution in [0.25, 0.3) is 0 Å². The Morgan fingerprint density at radius 1 is 1.23 bits per heavy atom. The maximum absolute atomic E-state index is 12.3. The smallest absolute Gasteiger partial charge is 0.234 e. The van der Waals surface area contributed by atoms with Gasteiger partial charge < -0.3 is 14.6 Å². The summed E-state index contributed by atoms with van der Waals surface area (Å²) in [5.41, 5.74) is 2.17. The summed E-state index contributed by atoms with van der Waals surface area (Å²) in [5, 5.41) is 12.3. The summed E-state index contributed by atoms with van der Waals surface area (Å²) in [6.45, 7) is 5.32. The molecule has 1 heterocycles. The van der Waals surface area contributed by atoms with Gasteiger partial charge in [-0.25, -0.2) is 0 Å². The molecule has 2 aromatic carbocycles. The number of carbonyl (C=O) groups excluding carboxylic acids is 2. The zero-order chi connectivity index (χ0) is 22.5. The van der Waals surface area contributed by atoms with Gasteiger partial charge in [0.25, 0.3) is 0 Å². The predicted octanol–water partition coefficient (Wildman–Crippen LogP) is 4.85. The summed E-state index contributed by atoms with van der Waals surface area (Å²) in [7, 11) is 1.82. The first-order valence-electron chi connectivity index (χ1n) is 9.60. The van der Waals surface area contributed by atoms with E-state index in [1.165, 1.54) is 18.7 Å². The van der Waals surface area contributed by atoms with Gasteiger partial charge in [-0.2, -0.15) is 0 Å². The third kappa shape index (κ3) is 5.86. The van der Waals surface area contributed by atoms with Gasteiger partial charge in [0.2, 0.25) is 5.91 Å². The maximum Gasteiger partial charge on any atom is 0.234 e. The summed E-state index contributed by atoms with van der Waals surface area (Å²) in [4.78, 5) is 23.8. The molecule has 3 aromatic rings. The quantitative estimate of drug-likeness (QED) is 0.383. The van der Waals surface area contributed by atoms with Crippen molar-refractivity contribution >= 4 is 40.7 Å². The van der Waals surface area contributed by atoms with E-state index in [1.54, 1.807) is 34.9 Å². The number of thioether (sulfide) groups is 1. The van der Waals surface area contributed by atoms with Crippen LogP contribution >= 0.6 is 23.4 Å². The molecule has 0 bridgehead atoms. The van der Waals surface area contributed by atoms with E-state index in [1.807, 2.05) is 33.0 Å². The Hall–Kier alpha value is -2.84. The lowest BCUT2D eigenvalue weighted by molar-refractivity contribution is -0.113. The van der Waals surface area contributed by atoms with Crippen LogP contribution in [0.15, 0.2) is 47.6 Å². The number of aromatic nitrogens is 3. The second kappa shape index (κ2) is 9.98. The second-order valence-corrected chi connectivity index (χ2v) is 8.42. The topological polar surface area (TPSA) is 86.1 Å². The molecular formula is C22H23ClN4O3S. The zero-order valence-corrected chi connectivity index (χ0v) is 19.3. The van der Waals surface area contributed by atoms with Crippen molar-refractivity contribution in [1.82, 2.24) is 14.8 Å². The number of anilines is 1. The van der Waals surface area contributed by atoms with Crippen LogP contribution in [0.1, 0.15) is 41.7 Å². The van der Waals surface area contributed by atoms with E-state index in [0.29, 0.717) is 33.0 Å². The van der Waals surface area contributed by atoms with Crippen LogP contribution in [0.4, 0.5) is 5.69 Å². The lowest BCUT2D eigenvalue weighted by atomic mass is 10.1. The molecule has 31 heavy (non-hydrogen) atoms. The van der Waals surface area contributed by atoms with E-state index in [0.717, 1.165) is 5.56 Å². The van der Waals surface area contributed by atoms with Gasteiger partial charge in [0.1, 0.15) is 5.75 Å². The van der Waals surface area contributed by atoms with Gasteiger partial charge in [-0.1, -0.05) is 41.6 Å². The summed E-state index contributed by atoms with van der Waals surface area (Å²) in [6.07, 6.45) is -0.380. The molecule has 162 valence electrons. The molecule has 9 heteroatoms. The SMILES string of the molecule is CC(=O)c1cccc(NC(=O)CSc2nnc(C(C)Oc3cc(C)ccc3Cl)n2C)c1. The summed E-state index contributed by atoms with van der Waals surface area (Å²) >= 11 is 7.48. The fourth-order valence-corrected chi connectivity index (χ4v) is 3.77. The number of aryl methyl sites for hydroxylation is 1. The Balaban J connectivity index is 1.61. The summed E-state index contributed by atoms with van der Waals surface area (Å²) in [6, 6.07) is 12.4. The normalized spacial score (nSPS) is 11.8. The Labute approximate surface area is 190 Å². The number of benzene rings is 2. The number of halogens is 1. The molecule has 0 radical (unpaired) electrons. The van der Waals surface area contributed by atoms with Gasteiger partial charge >= 0.3 is 0 Å². The van der Waals surface area contributed by atoms with E-state index >= 15 is 0 Å². The number of nitrogens with zero attached hydrogens (tertiary/aromatic N) is 3. The zero-order valence-electron chi connectivity index (χ0n) is 17.7. The fourth-order valence-electron chi connectivity index (χ4n) is 2.89. The third-order valence-corrected chi connectivity index (χ3v) is 5.84. The molecule has 7 nitrogen and oxygen atoms in total. The van der Waals surface area contributed by atoms with E-state index in [9.17, 15) is 9.59 Å². The van der Waals surface area contributed by atoms with E-state index < -0.39 is 0 Å². The van der Waals surface area contributed by atoms with E-state index in [-0.39, 0.29) is 23.5 Å². The van der Waals surface area contributed by atoms with Crippen molar-refractivity contribution in [3.8, 4) is 5.75 Å². The van der Waals surface area contributed by atoms with Crippen LogP contribution in [-0.2, 0) is 11.8 Å². The van der Waals surface area contributed by atoms with Gasteiger partial charge in [0.05, 0.1) is 10.8 Å². The standard InChI is InChI=1S/C22H23ClN4O3S/c1-13-8-9-18(23)19(10-13)30-15(3)21-25-26-22(27(21)4)31-12-20(29)24-17-7-5-6-16(11-17)14(2)28/h5-11,15H,12H2,1-4H3,(H,24,29). The summed E-state index contributed by atoms with van der Waals surface area (Å²) < 4.78 is 7.76. The van der Waals surface area contributed by atoms with Gasteiger partial charge in [0.15, 0.2) is 22.9 Å². The minimum atomic E-state index is -0.380. The Morgan fingerprint density at radius 3 is 2.74 bits per heavy atom. The third-order valence-electron chi connectivity index (χ3n) is 4.51. The predicted molar refractivity (Wildman–Crippen MR) is 122 cm³/mol. The van der Waals surface area contributed by atoms with Crippen LogP contribution in [-0.4, -0.2) is 32.2 Å². The fraction of sp³-hybridized carbons (Fsp3) is 0.273. The van der Waals surface area contributed by atoms with Crippen molar-refractivity contribution in [2.24, 2.45) is 7.05 Å². The van der Waals surface area contributed by atoms with Crippen molar-refractivity contribution in [3.05, 3.63) is 64.4 Å². The monoisotopic (exact) mass is 458 g/mol. The maximum atomic E-state index is 12.3. The van der Waals surface area contributed by atoms with Crippen LogP contribution in [0.3, 0.4) is 0 Å². The van der Waals surface area contributed by atoms with Crippen molar-refractivity contribution in [2.75, 3.05) is 11.1 Å². The first-order chi connectivity index (χ1) is 14.7. The molecule has 1 N–H and O–H groups in total. The first kappa shape index (κ1) is 22.8. The van der Waals surface area contributed by atoms with Gasteiger partial charge in [-0.05, 0) is 50.6 Å². The van der Waals surface area contributed by atoms with Gasteiger partial charge in [0, 0.05) is 18.3 Å². The number of rotatable bonds is 8. The molecule has 0 saturated carbocycles. The highest BCUT2D eigenvalue weighted by Crippen LogP contribution is 2.30. The van der Waals surface area contributed by atoms with Crippen LogP contribution in [0.5, 0.6) is 5.75 Å². The Bertz CT molecular complexity index is 1120. The van der Waals surface area contributed by atoms with Crippen molar-refractivity contribution < 1.29 is 14.3 Å².